The number of anilines is 2. The van der Waals surface area contributed by atoms with Gasteiger partial charge in [-0.15, -0.1) is 0 Å². The number of rotatable bonds is 28. The molecule has 0 saturated heterocycles. The highest BCUT2D eigenvalue weighted by Crippen LogP contribution is 2.24. The number of ketones is 2. The zero-order valence-electron chi connectivity index (χ0n) is 38.4. The summed E-state index contributed by atoms with van der Waals surface area (Å²) >= 11 is 0. The quantitative estimate of drug-likeness (QED) is 0.0286. The van der Waals surface area contributed by atoms with Crippen molar-refractivity contribution in [2.45, 2.75) is 109 Å². The third-order valence-electron chi connectivity index (χ3n) is 10.5. The number of hydrogen-bond acceptors (Lipinski definition) is 11. The second-order valence-electron chi connectivity index (χ2n) is 16.3. The number of aromatic nitrogens is 1. The van der Waals surface area contributed by atoms with Gasteiger partial charge in [0, 0.05) is 50.8 Å². The topological polar surface area (TPSA) is 239 Å². The average Bonchev–Trinajstić information content (AvgIpc) is 3.25. The minimum absolute atomic E-state index is 0.0123. The summed E-state index contributed by atoms with van der Waals surface area (Å²) < 4.78 is 35.1. The zero-order valence-corrected chi connectivity index (χ0v) is 39.2. The number of sulfonamides is 1. The van der Waals surface area contributed by atoms with Crippen LogP contribution in [-0.4, -0.2) is 86.6 Å². The van der Waals surface area contributed by atoms with Crippen LogP contribution in [0.4, 0.5) is 11.5 Å². The van der Waals surface area contributed by atoms with Crippen LogP contribution in [0.5, 0.6) is 5.75 Å². The molecule has 0 aliphatic carbocycles. The van der Waals surface area contributed by atoms with Gasteiger partial charge in [0.05, 0.1) is 23.5 Å². The van der Waals surface area contributed by atoms with Crippen molar-refractivity contribution in [3.8, 4) is 5.75 Å². The number of unbranched alkanes of at least 4 members (excludes halogenated alkanes) is 2. The first-order valence-corrected chi connectivity index (χ1v) is 23.6. The first kappa shape index (κ1) is 52.2. The Bertz CT molecular complexity index is 2430. The number of ether oxygens (including phenoxy) is 1. The molecular weight excluding hydrogens is 865 g/mol. The Morgan fingerprint density at radius 3 is 2.14 bits per heavy atom. The Labute approximate surface area is 387 Å². The van der Waals surface area contributed by atoms with Crippen LogP contribution in [0.15, 0.2) is 77.7 Å². The van der Waals surface area contributed by atoms with Crippen molar-refractivity contribution in [1.29, 1.82) is 0 Å². The lowest BCUT2D eigenvalue weighted by Gasteiger charge is -2.19. The number of benzene rings is 3. The molecule has 17 heteroatoms. The maximum Gasteiger partial charge on any atom is 0.323 e. The van der Waals surface area contributed by atoms with Gasteiger partial charge >= 0.3 is 5.97 Å². The van der Waals surface area contributed by atoms with E-state index in [1.165, 1.54) is 6.92 Å². The number of pyridine rings is 1. The van der Waals surface area contributed by atoms with E-state index in [2.05, 4.69) is 31.0 Å². The number of aliphatic carboxylic acids is 1. The van der Waals surface area contributed by atoms with Crippen LogP contribution in [0, 0.1) is 20.8 Å². The van der Waals surface area contributed by atoms with Crippen molar-refractivity contribution in [2.75, 3.05) is 37.4 Å². The summed E-state index contributed by atoms with van der Waals surface area (Å²) in [5.41, 5.74) is 5.24. The Balaban J connectivity index is 1.25. The Hall–Kier alpha value is -6.46. The van der Waals surface area contributed by atoms with E-state index in [0.29, 0.717) is 68.3 Å². The fourth-order valence-corrected chi connectivity index (χ4v) is 8.95. The molecule has 0 radical (unpaired) electrons. The monoisotopic (exact) mass is 926 g/mol. The average molecular weight is 927 g/mol. The van der Waals surface area contributed by atoms with Gasteiger partial charge in [-0.25, -0.2) is 13.4 Å². The van der Waals surface area contributed by atoms with Crippen LogP contribution >= 0.6 is 0 Å². The van der Waals surface area contributed by atoms with E-state index in [0.717, 1.165) is 28.2 Å². The molecule has 4 rings (SSSR count). The number of aryl methyl sites for hydroxylation is 6. The predicted molar refractivity (Wildman–Crippen MR) is 252 cm³/mol. The van der Waals surface area contributed by atoms with Crippen LogP contribution in [0.25, 0.3) is 0 Å². The molecule has 0 aliphatic heterocycles. The molecule has 3 amide bonds. The van der Waals surface area contributed by atoms with E-state index >= 15 is 0 Å². The first-order valence-electron chi connectivity index (χ1n) is 22.1. The molecule has 0 fully saturated rings. The highest BCUT2D eigenvalue weighted by molar-refractivity contribution is 7.89. The second-order valence-corrected chi connectivity index (χ2v) is 18.0. The molecule has 0 saturated carbocycles. The fourth-order valence-electron chi connectivity index (χ4n) is 7.31. The molecule has 1 heterocycles. The SMILES string of the molecule is CNc1cccc(CCc2ccc(C(=O)NC[C@H](NS(=O)(=O)c3c(C)cc(C)cc3C)C(=O)O)c(OCCCCCNC(=O)CCCC(=O)Nc3ccc(CCC(=O)CC(C)=O)cc3)c2)n1. The third kappa shape index (κ3) is 17.5. The standard InChI is InChI=1S/C49H62N6O10S/c1-32-27-33(2)47(34(3)28-32)66(63,64)55-42(49(61)62)31-52-48(60)41-24-19-37(17-22-38-11-9-12-44(50-5)53-38)30-43(41)65-26-8-6-7-25-51-45(58)13-10-14-46(59)54-39-20-15-36(16-21-39)18-23-40(57)29-35(4)56/h9,11-12,15-16,19-21,24,27-28,30,42,55H,6-8,10,13-14,17-18,22-23,25-26,29,31H2,1-5H3,(H,50,53)(H,51,58)(H,52,60)(H,54,59)(H,61,62)/t42-/m0/s1. The number of Topliss-reactive ketones (excluding diaryl/α,β-unsaturated/α-hetero) is 2. The summed E-state index contributed by atoms with van der Waals surface area (Å²) in [6.07, 6.45) is 4.63. The van der Waals surface area contributed by atoms with Gasteiger partial charge in [-0.2, -0.15) is 4.72 Å². The summed E-state index contributed by atoms with van der Waals surface area (Å²) in [7, 11) is -2.47. The number of nitrogens with one attached hydrogen (secondary N) is 5. The van der Waals surface area contributed by atoms with Crippen molar-refractivity contribution >= 4 is 56.8 Å². The number of hydrogen-bond donors (Lipinski definition) is 6. The number of carboxylic acid groups (broad SMARTS) is 1. The Morgan fingerprint density at radius 2 is 1.45 bits per heavy atom. The summed E-state index contributed by atoms with van der Waals surface area (Å²) in [4.78, 5) is 78.2. The highest BCUT2D eigenvalue weighted by Gasteiger charge is 2.29. The van der Waals surface area contributed by atoms with Crippen LogP contribution in [0.3, 0.4) is 0 Å². The van der Waals surface area contributed by atoms with Crippen LogP contribution in [0.2, 0.25) is 0 Å². The van der Waals surface area contributed by atoms with Gasteiger partial charge in [0.2, 0.25) is 21.8 Å². The maximum atomic E-state index is 13.6. The predicted octanol–water partition coefficient (Wildman–Crippen LogP) is 5.95. The van der Waals surface area contributed by atoms with Crippen molar-refractivity contribution < 1.29 is 47.0 Å². The molecular formula is C49H62N6O10S. The van der Waals surface area contributed by atoms with E-state index in [1.807, 2.05) is 37.3 Å². The van der Waals surface area contributed by atoms with Crippen LogP contribution in [-0.2, 0) is 53.3 Å². The van der Waals surface area contributed by atoms with Gasteiger partial charge in [0.25, 0.3) is 5.91 Å². The number of nitrogens with zero attached hydrogens (tertiary/aromatic N) is 1. The number of carbonyl (C=O) groups is 6. The molecule has 0 spiro atoms. The van der Waals surface area contributed by atoms with Crippen molar-refractivity contribution in [3.05, 3.63) is 112 Å². The molecule has 0 aliphatic rings. The van der Waals surface area contributed by atoms with E-state index < -0.39 is 34.5 Å². The summed E-state index contributed by atoms with van der Waals surface area (Å²) in [6, 6.07) is 19.7. The van der Waals surface area contributed by atoms with Gasteiger partial charge in [-0.1, -0.05) is 42.0 Å². The Morgan fingerprint density at radius 1 is 0.758 bits per heavy atom. The molecule has 16 nitrogen and oxygen atoms in total. The molecule has 66 heavy (non-hydrogen) atoms. The molecule has 3 aromatic carbocycles. The Kier molecular flexibility index (Phi) is 20.5. The third-order valence-corrected chi connectivity index (χ3v) is 12.3. The summed E-state index contributed by atoms with van der Waals surface area (Å²) in [5.74, 6) is -1.72. The molecule has 1 atom stereocenters. The second kappa shape index (κ2) is 25.9. The normalized spacial score (nSPS) is 11.6. The van der Waals surface area contributed by atoms with Gasteiger partial charge < -0.3 is 31.1 Å². The summed E-state index contributed by atoms with van der Waals surface area (Å²) in [5, 5.41) is 21.2. The van der Waals surface area contributed by atoms with Gasteiger partial charge in [-0.3, -0.25) is 28.8 Å². The minimum atomic E-state index is -4.26. The van der Waals surface area contributed by atoms with E-state index in [4.69, 9.17) is 4.74 Å². The maximum absolute atomic E-state index is 13.6. The van der Waals surface area contributed by atoms with Gasteiger partial charge in [-0.05, 0) is 131 Å². The number of carbonyl (C=O) groups excluding carboxylic acids is 5. The molecule has 4 aromatic rings. The lowest BCUT2D eigenvalue weighted by Crippen LogP contribution is -2.48. The molecule has 354 valence electrons. The molecule has 1 aromatic heterocycles. The smallest absolute Gasteiger partial charge is 0.323 e. The minimum Gasteiger partial charge on any atom is -0.493 e. The zero-order chi connectivity index (χ0) is 48.2. The lowest BCUT2D eigenvalue weighted by atomic mass is 10.0. The van der Waals surface area contributed by atoms with Crippen LogP contribution in [0.1, 0.15) is 102 Å². The highest BCUT2D eigenvalue weighted by atomic mass is 32.2. The van der Waals surface area contributed by atoms with Crippen molar-refractivity contribution in [2.24, 2.45) is 0 Å². The first-order chi connectivity index (χ1) is 31.4. The van der Waals surface area contributed by atoms with Crippen molar-refractivity contribution in [1.82, 2.24) is 20.3 Å². The van der Waals surface area contributed by atoms with Gasteiger partial charge in [0.1, 0.15) is 29.2 Å². The molecule has 0 unspecified atom stereocenters. The molecule has 0 bridgehead atoms. The summed E-state index contributed by atoms with van der Waals surface area (Å²) in [6.45, 7) is 6.65. The fraction of sp³-hybridized carbons (Fsp3) is 0.408. The van der Waals surface area contributed by atoms with Crippen LogP contribution < -0.4 is 30.7 Å². The number of carboxylic acids is 1. The van der Waals surface area contributed by atoms with Crippen molar-refractivity contribution in [3.63, 3.8) is 0 Å². The van der Waals surface area contributed by atoms with E-state index in [-0.39, 0.29) is 71.9 Å². The van der Waals surface area contributed by atoms with E-state index in [9.17, 15) is 42.3 Å². The largest absolute Gasteiger partial charge is 0.493 e. The number of amides is 3. The molecule has 6 N–H and O–H groups in total. The lowest BCUT2D eigenvalue weighted by molar-refractivity contribution is -0.138. The van der Waals surface area contributed by atoms with Gasteiger partial charge in [0.15, 0.2) is 0 Å². The van der Waals surface area contributed by atoms with E-state index in [1.54, 1.807) is 63.4 Å².